The van der Waals surface area contributed by atoms with Gasteiger partial charge in [-0.2, -0.15) is 0 Å². The Bertz CT molecular complexity index is 291. The zero-order valence-corrected chi connectivity index (χ0v) is 10.2. The molecule has 98 valence electrons. The minimum atomic E-state index is -0.762. The maximum Gasteiger partial charge on any atom is 0.164 e. The Balaban J connectivity index is 2.17. The molecule has 17 heavy (non-hydrogen) atoms. The van der Waals surface area contributed by atoms with Crippen LogP contribution in [0.4, 0.5) is 0 Å². The maximum atomic E-state index is 10.2. The van der Waals surface area contributed by atoms with E-state index in [1.54, 1.807) is 19.9 Å². The first-order valence-corrected chi connectivity index (χ1v) is 5.89. The van der Waals surface area contributed by atoms with Crippen LogP contribution in [0.15, 0.2) is 12.7 Å². The highest BCUT2D eigenvalue weighted by molar-refractivity contribution is 4.99. The lowest BCUT2D eigenvalue weighted by molar-refractivity contribution is -0.194. The zero-order valence-electron chi connectivity index (χ0n) is 10.2. The van der Waals surface area contributed by atoms with Crippen molar-refractivity contribution < 1.29 is 24.4 Å². The molecule has 0 aromatic heterocycles. The lowest BCUT2D eigenvalue weighted by Crippen LogP contribution is -2.57. The number of hydrogen-bond donors (Lipinski definition) is 2. The molecule has 5 nitrogen and oxygen atoms in total. The molecule has 2 aliphatic heterocycles. The predicted octanol–water partition coefficient (Wildman–Crippen LogP) is 0.203. The maximum absolute atomic E-state index is 10.2. The fourth-order valence-corrected chi connectivity index (χ4v) is 2.47. The summed E-state index contributed by atoms with van der Waals surface area (Å²) in [6.07, 6.45) is -0.304. The largest absolute Gasteiger partial charge is 0.394 e. The Labute approximate surface area is 101 Å². The summed E-state index contributed by atoms with van der Waals surface area (Å²) in [6.45, 7) is 7.05. The fraction of sp³-hybridized carbons (Fsp3) is 0.833. The van der Waals surface area contributed by atoms with E-state index in [2.05, 4.69) is 6.58 Å². The molecule has 0 aromatic rings. The lowest BCUT2D eigenvalue weighted by Gasteiger charge is -2.39. The second kappa shape index (κ2) is 4.66. The molecular weight excluding hydrogens is 224 g/mol. The van der Waals surface area contributed by atoms with Gasteiger partial charge in [0.15, 0.2) is 5.79 Å². The molecule has 0 aliphatic carbocycles. The molecular formula is C12H20O5. The molecule has 5 atom stereocenters. The van der Waals surface area contributed by atoms with Crippen molar-refractivity contribution in [2.75, 3.05) is 6.61 Å². The molecule has 0 aromatic carbocycles. The minimum Gasteiger partial charge on any atom is -0.394 e. The first-order chi connectivity index (χ1) is 7.98. The lowest BCUT2D eigenvalue weighted by atomic mass is 9.94. The molecule has 0 amide bonds. The standard InChI is InChI=1S/C12H20O5/c1-4-5-7-9(14)11-10(8(6-13)15-7)16-12(2,3)17-11/h4,7-11,13-14H,1,5-6H2,2-3H3/t7-,8-,9+,10+,11-/m1/s1. The Kier molecular flexibility index (Phi) is 3.56. The normalized spacial score (nSPS) is 44.4. The SMILES string of the molecule is C=CC[C@H]1O[C@H](CO)[C@@H]2OC(C)(C)O[C@@H]2[C@H]1O. The van der Waals surface area contributed by atoms with Gasteiger partial charge in [0.05, 0.1) is 12.7 Å². The Morgan fingerprint density at radius 2 is 1.88 bits per heavy atom. The average molecular weight is 244 g/mol. The summed E-state index contributed by atoms with van der Waals surface area (Å²) >= 11 is 0. The summed E-state index contributed by atoms with van der Waals surface area (Å²) in [5, 5.41) is 19.5. The van der Waals surface area contributed by atoms with Crippen molar-refractivity contribution in [1.82, 2.24) is 0 Å². The highest BCUT2D eigenvalue weighted by Gasteiger charge is 2.54. The van der Waals surface area contributed by atoms with Gasteiger partial charge in [-0.25, -0.2) is 0 Å². The van der Waals surface area contributed by atoms with Gasteiger partial charge in [-0.05, 0) is 20.3 Å². The van der Waals surface area contributed by atoms with E-state index in [-0.39, 0.29) is 6.61 Å². The van der Waals surface area contributed by atoms with Gasteiger partial charge in [-0.1, -0.05) is 6.08 Å². The molecule has 2 N–H and O–H groups in total. The first kappa shape index (κ1) is 13.0. The molecule has 0 radical (unpaired) electrons. The van der Waals surface area contributed by atoms with Gasteiger partial charge >= 0.3 is 0 Å². The van der Waals surface area contributed by atoms with Crippen molar-refractivity contribution in [3.63, 3.8) is 0 Å². The monoisotopic (exact) mass is 244 g/mol. The second-order valence-electron chi connectivity index (χ2n) is 4.98. The average Bonchev–Trinajstić information content (AvgIpc) is 2.59. The Morgan fingerprint density at radius 1 is 1.24 bits per heavy atom. The summed E-state index contributed by atoms with van der Waals surface area (Å²) in [5.74, 6) is -0.754. The van der Waals surface area contributed by atoms with E-state index in [1.807, 2.05) is 0 Å². The molecule has 5 heteroatoms. The van der Waals surface area contributed by atoms with E-state index in [0.717, 1.165) is 0 Å². The third-order valence-electron chi connectivity index (χ3n) is 3.18. The number of aliphatic hydroxyl groups excluding tert-OH is 2. The Morgan fingerprint density at radius 3 is 2.47 bits per heavy atom. The van der Waals surface area contributed by atoms with Crippen LogP contribution in [0.3, 0.4) is 0 Å². The summed E-state index contributed by atoms with van der Waals surface area (Å²) < 4.78 is 17.0. The number of ether oxygens (including phenoxy) is 3. The third kappa shape index (κ3) is 2.39. The van der Waals surface area contributed by atoms with E-state index >= 15 is 0 Å². The fourth-order valence-electron chi connectivity index (χ4n) is 2.47. The molecule has 2 saturated heterocycles. The van der Waals surface area contributed by atoms with Crippen LogP contribution < -0.4 is 0 Å². The van der Waals surface area contributed by atoms with Crippen LogP contribution in [-0.4, -0.2) is 53.1 Å². The van der Waals surface area contributed by atoms with Gasteiger partial charge in [-0.15, -0.1) is 6.58 Å². The van der Waals surface area contributed by atoms with E-state index < -0.39 is 36.3 Å². The smallest absolute Gasteiger partial charge is 0.164 e. The van der Waals surface area contributed by atoms with Crippen LogP contribution in [-0.2, 0) is 14.2 Å². The molecule has 0 saturated carbocycles. The van der Waals surface area contributed by atoms with Crippen LogP contribution in [0, 0.1) is 0 Å². The van der Waals surface area contributed by atoms with Crippen LogP contribution in [0.1, 0.15) is 20.3 Å². The topological polar surface area (TPSA) is 68.2 Å². The molecule has 2 aliphatic rings. The summed E-state index contributed by atoms with van der Waals surface area (Å²) in [5.41, 5.74) is 0. The van der Waals surface area contributed by atoms with Gasteiger partial charge in [0, 0.05) is 0 Å². The highest BCUT2D eigenvalue weighted by Crippen LogP contribution is 2.37. The van der Waals surface area contributed by atoms with Crippen molar-refractivity contribution in [2.45, 2.75) is 56.6 Å². The quantitative estimate of drug-likeness (QED) is 0.694. The van der Waals surface area contributed by atoms with Crippen LogP contribution in [0.2, 0.25) is 0 Å². The first-order valence-electron chi connectivity index (χ1n) is 5.89. The number of hydrogen-bond acceptors (Lipinski definition) is 5. The van der Waals surface area contributed by atoms with E-state index in [4.69, 9.17) is 14.2 Å². The molecule has 2 rings (SSSR count). The molecule has 2 fully saturated rings. The molecule has 0 bridgehead atoms. The number of fused-ring (bicyclic) bond motifs is 1. The predicted molar refractivity (Wildman–Crippen MR) is 60.4 cm³/mol. The van der Waals surface area contributed by atoms with Crippen LogP contribution in [0.25, 0.3) is 0 Å². The summed E-state index contributed by atoms with van der Waals surface area (Å²) in [7, 11) is 0. The second-order valence-corrected chi connectivity index (χ2v) is 4.98. The molecule has 0 spiro atoms. The molecule has 2 heterocycles. The van der Waals surface area contributed by atoms with E-state index in [1.165, 1.54) is 0 Å². The highest BCUT2D eigenvalue weighted by atomic mass is 16.8. The van der Waals surface area contributed by atoms with Gasteiger partial charge in [0.2, 0.25) is 0 Å². The Hall–Kier alpha value is -0.460. The zero-order chi connectivity index (χ0) is 12.6. The number of aliphatic hydroxyl groups is 2. The van der Waals surface area contributed by atoms with Crippen molar-refractivity contribution >= 4 is 0 Å². The van der Waals surface area contributed by atoms with Crippen molar-refractivity contribution in [3.8, 4) is 0 Å². The minimum absolute atomic E-state index is 0.152. The third-order valence-corrected chi connectivity index (χ3v) is 3.18. The van der Waals surface area contributed by atoms with Gasteiger partial charge in [0.1, 0.15) is 24.4 Å². The van der Waals surface area contributed by atoms with Crippen molar-refractivity contribution in [2.24, 2.45) is 0 Å². The van der Waals surface area contributed by atoms with Gasteiger partial charge < -0.3 is 24.4 Å². The summed E-state index contributed by atoms with van der Waals surface area (Å²) in [4.78, 5) is 0. The van der Waals surface area contributed by atoms with Crippen molar-refractivity contribution in [3.05, 3.63) is 12.7 Å². The van der Waals surface area contributed by atoms with E-state index in [0.29, 0.717) is 6.42 Å². The van der Waals surface area contributed by atoms with Gasteiger partial charge in [0.25, 0.3) is 0 Å². The van der Waals surface area contributed by atoms with Gasteiger partial charge in [-0.3, -0.25) is 0 Å². The van der Waals surface area contributed by atoms with Crippen molar-refractivity contribution in [1.29, 1.82) is 0 Å². The van der Waals surface area contributed by atoms with E-state index in [9.17, 15) is 10.2 Å². The number of rotatable bonds is 3. The van der Waals surface area contributed by atoms with Crippen LogP contribution in [0.5, 0.6) is 0 Å². The molecule has 0 unspecified atom stereocenters. The van der Waals surface area contributed by atoms with Crippen LogP contribution >= 0.6 is 0 Å². The summed E-state index contributed by atoms with van der Waals surface area (Å²) in [6, 6.07) is 0.